The molecule has 0 amide bonds. The number of carboxylic acid groups (broad SMARTS) is 1. The normalized spacial score (nSPS) is 8.45. The third-order valence-electron chi connectivity index (χ3n) is 1.21. The summed E-state index contributed by atoms with van der Waals surface area (Å²) in [5.41, 5.74) is 0.817. The number of carboxylic acids is 1. The molecule has 0 aliphatic carbocycles. The lowest BCUT2D eigenvalue weighted by Gasteiger charge is -1.95. The van der Waals surface area contributed by atoms with E-state index < -0.39 is 5.97 Å². The second-order valence-electron chi connectivity index (χ2n) is 1.97. The van der Waals surface area contributed by atoms with Gasteiger partial charge in [-0.1, -0.05) is 6.07 Å². The van der Waals surface area contributed by atoms with E-state index in [4.69, 9.17) is 5.11 Å². The van der Waals surface area contributed by atoms with Crippen LogP contribution in [0.15, 0.2) is 18.3 Å². The number of aryl methyl sites for hydroxylation is 1. The van der Waals surface area contributed by atoms with Crippen molar-refractivity contribution >= 4 is 18.4 Å². The average molecular weight is 174 g/mol. The van der Waals surface area contributed by atoms with E-state index in [0.717, 1.165) is 0 Å². The summed E-state index contributed by atoms with van der Waals surface area (Å²) in [6.45, 7) is 1.72. The van der Waals surface area contributed by atoms with Gasteiger partial charge < -0.3 is 5.11 Å². The maximum absolute atomic E-state index is 10.4. The molecule has 1 N–H and O–H groups in total. The van der Waals surface area contributed by atoms with Gasteiger partial charge in [0.25, 0.3) is 0 Å². The molecule has 0 saturated carbocycles. The van der Waals surface area contributed by atoms with Gasteiger partial charge in [-0.25, -0.2) is 9.78 Å². The Balaban J connectivity index is 0.000001000. The van der Waals surface area contributed by atoms with Crippen molar-refractivity contribution in [3.8, 4) is 0 Å². The summed E-state index contributed by atoms with van der Waals surface area (Å²) in [5, 5.41) is 8.50. The monoisotopic (exact) mass is 173 g/mol. The Morgan fingerprint density at radius 3 is 2.64 bits per heavy atom. The number of hydrogen-bond acceptors (Lipinski definition) is 2. The standard InChI is InChI=1S/C7H7NO2.ClH/c1-5-3-2-4-8-6(5)7(9)10;/h2-4H,1H3,(H,9,10);1H. The van der Waals surface area contributed by atoms with Crippen LogP contribution in [0.25, 0.3) is 0 Å². The molecule has 0 aliphatic rings. The molecule has 0 bridgehead atoms. The Kier molecular flexibility index (Phi) is 3.54. The summed E-state index contributed by atoms with van der Waals surface area (Å²) in [6, 6.07) is 3.43. The summed E-state index contributed by atoms with van der Waals surface area (Å²) >= 11 is 0. The fourth-order valence-electron chi connectivity index (χ4n) is 0.710. The molecule has 0 aromatic carbocycles. The Bertz CT molecular complexity index is 262. The van der Waals surface area contributed by atoms with Gasteiger partial charge in [0, 0.05) is 6.20 Å². The van der Waals surface area contributed by atoms with Gasteiger partial charge in [0.2, 0.25) is 0 Å². The molecule has 0 radical (unpaired) electrons. The molecule has 1 rings (SSSR count). The molecule has 0 atom stereocenters. The van der Waals surface area contributed by atoms with Crippen molar-refractivity contribution in [1.29, 1.82) is 0 Å². The zero-order chi connectivity index (χ0) is 7.56. The van der Waals surface area contributed by atoms with E-state index in [1.807, 2.05) is 0 Å². The van der Waals surface area contributed by atoms with Gasteiger partial charge in [-0.3, -0.25) is 0 Å². The van der Waals surface area contributed by atoms with Crippen molar-refractivity contribution < 1.29 is 9.90 Å². The zero-order valence-corrected chi connectivity index (χ0v) is 6.76. The summed E-state index contributed by atoms with van der Waals surface area (Å²) in [5.74, 6) is -0.974. The highest BCUT2D eigenvalue weighted by atomic mass is 35.5. The molecule has 11 heavy (non-hydrogen) atoms. The summed E-state index contributed by atoms with van der Waals surface area (Å²) in [4.78, 5) is 14.0. The summed E-state index contributed by atoms with van der Waals surface area (Å²) in [6.07, 6.45) is 1.47. The minimum Gasteiger partial charge on any atom is -0.477 e. The highest BCUT2D eigenvalue weighted by Gasteiger charge is 2.05. The zero-order valence-electron chi connectivity index (χ0n) is 5.94. The van der Waals surface area contributed by atoms with E-state index in [1.54, 1.807) is 19.1 Å². The predicted octanol–water partition coefficient (Wildman–Crippen LogP) is 1.51. The smallest absolute Gasteiger partial charge is 0.354 e. The van der Waals surface area contributed by atoms with Crippen LogP contribution >= 0.6 is 12.4 Å². The number of hydrogen-bond donors (Lipinski definition) is 1. The molecule has 4 heteroatoms. The van der Waals surface area contributed by atoms with Crippen LogP contribution < -0.4 is 0 Å². The van der Waals surface area contributed by atoms with E-state index in [0.29, 0.717) is 5.56 Å². The molecule has 3 nitrogen and oxygen atoms in total. The predicted molar refractivity (Wildman–Crippen MR) is 43.2 cm³/mol. The highest BCUT2D eigenvalue weighted by Crippen LogP contribution is 2.01. The average Bonchev–Trinajstić information content (AvgIpc) is 1.88. The summed E-state index contributed by atoms with van der Waals surface area (Å²) in [7, 11) is 0. The Hall–Kier alpha value is -1.09. The van der Waals surface area contributed by atoms with E-state index in [-0.39, 0.29) is 18.1 Å². The van der Waals surface area contributed by atoms with Crippen molar-refractivity contribution in [2.45, 2.75) is 6.92 Å². The minimum absolute atomic E-state index is 0. The quantitative estimate of drug-likeness (QED) is 0.701. The van der Waals surface area contributed by atoms with Crippen molar-refractivity contribution in [1.82, 2.24) is 4.98 Å². The van der Waals surface area contributed by atoms with E-state index in [1.165, 1.54) is 6.20 Å². The number of halogens is 1. The van der Waals surface area contributed by atoms with Crippen molar-refractivity contribution in [3.63, 3.8) is 0 Å². The minimum atomic E-state index is -0.974. The number of carbonyl (C=O) groups is 1. The van der Waals surface area contributed by atoms with E-state index in [2.05, 4.69) is 4.98 Å². The Morgan fingerprint density at radius 1 is 1.64 bits per heavy atom. The fraction of sp³-hybridized carbons (Fsp3) is 0.143. The lowest BCUT2D eigenvalue weighted by Crippen LogP contribution is -2.01. The largest absolute Gasteiger partial charge is 0.477 e. The molecule has 60 valence electrons. The SMILES string of the molecule is Cc1cccnc1C(=O)O.Cl. The van der Waals surface area contributed by atoms with Crippen molar-refractivity contribution in [2.24, 2.45) is 0 Å². The lowest BCUT2D eigenvalue weighted by molar-refractivity contribution is 0.0689. The van der Waals surface area contributed by atoms with Crippen LogP contribution in [0.1, 0.15) is 16.1 Å². The Morgan fingerprint density at radius 2 is 2.27 bits per heavy atom. The fourth-order valence-corrected chi connectivity index (χ4v) is 0.710. The van der Waals surface area contributed by atoms with Gasteiger partial charge in [0.15, 0.2) is 5.69 Å². The number of aromatic carboxylic acids is 1. The van der Waals surface area contributed by atoms with Crippen LogP contribution in [-0.4, -0.2) is 16.1 Å². The molecule has 1 aromatic rings. The molecule has 1 aromatic heterocycles. The second kappa shape index (κ2) is 3.93. The van der Waals surface area contributed by atoms with Gasteiger partial charge in [0.1, 0.15) is 0 Å². The van der Waals surface area contributed by atoms with Gasteiger partial charge in [-0.05, 0) is 18.6 Å². The van der Waals surface area contributed by atoms with E-state index in [9.17, 15) is 4.79 Å². The first-order valence-corrected chi connectivity index (χ1v) is 2.86. The van der Waals surface area contributed by atoms with Crippen LogP contribution in [0.4, 0.5) is 0 Å². The molecule has 0 spiro atoms. The number of aromatic nitrogens is 1. The first-order valence-electron chi connectivity index (χ1n) is 2.86. The third-order valence-corrected chi connectivity index (χ3v) is 1.21. The third kappa shape index (κ3) is 2.20. The number of pyridine rings is 1. The van der Waals surface area contributed by atoms with Crippen molar-refractivity contribution in [2.75, 3.05) is 0 Å². The second-order valence-corrected chi connectivity index (χ2v) is 1.97. The molecular formula is C7H8ClNO2. The molecule has 0 saturated heterocycles. The topological polar surface area (TPSA) is 50.2 Å². The van der Waals surface area contributed by atoms with Crippen LogP contribution in [0.5, 0.6) is 0 Å². The molecule has 0 aliphatic heterocycles. The number of rotatable bonds is 1. The van der Waals surface area contributed by atoms with Crippen LogP contribution in [0, 0.1) is 6.92 Å². The number of nitrogens with zero attached hydrogens (tertiary/aromatic N) is 1. The van der Waals surface area contributed by atoms with Gasteiger partial charge in [-0.2, -0.15) is 0 Å². The lowest BCUT2D eigenvalue weighted by atomic mass is 10.2. The maximum atomic E-state index is 10.4. The maximum Gasteiger partial charge on any atom is 0.354 e. The van der Waals surface area contributed by atoms with Crippen molar-refractivity contribution in [3.05, 3.63) is 29.6 Å². The Labute approximate surface area is 70.5 Å². The molecule has 0 fully saturated rings. The van der Waals surface area contributed by atoms with Gasteiger partial charge in [-0.15, -0.1) is 12.4 Å². The molecule has 0 unspecified atom stereocenters. The van der Waals surface area contributed by atoms with Gasteiger partial charge in [0.05, 0.1) is 0 Å². The molecular weight excluding hydrogens is 166 g/mol. The van der Waals surface area contributed by atoms with Crippen LogP contribution in [-0.2, 0) is 0 Å². The summed E-state index contributed by atoms with van der Waals surface area (Å²) < 4.78 is 0. The first-order chi connectivity index (χ1) is 4.72. The molecule has 1 heterocycles. The first kappa shape index (κ1) is 9.91. The van der Waals surface area contributed by atoms with Gasteiger partial charge >= 0.3 is 5.97 Å². The van der Waals surface area contributed by atoms with Crippen LogP contribution in [0.3, 0.4) is 0 Å². The highest BCUT2D eigenvalue weighted by molar-refractivity contribution is 5.86. The van der Waals surface area contributed by atoms with Crippen LogP contribution in [0.2, 0.25) is 0 Å². The van der Waals surface area contributed by atoms with E-state index >= 15 is 0 Å².